The molecule has 1 nitrogen and oxygen atoms in total. The number of nitrogens with zero attached hydrogens (tertiary/aromatic N) is 1. The number of rotatable bonds is 5. The molecule has 3 heteroatoms. The number of alkyl halides is 2. The number of anilines is 1. The van der Waals surface area contributed by atoms with Crippen LogP contribution in [0.25, 0.3) is 11.1 Å². The summed E-state index contributed by atoms with van der Waals surface area (Å²) in [7, 11) is 0. The Hall–Kier alpha value is -1.18. The fraction of sp³-hybridized carbons (Fsp3) is 0.368. The molecule has 1 aliphatic carbocycles. The van der Waals surface area contributed by atoms with Crippen LogP contribution >= 0.6 is 23.2 Å². The van der Waals surface area contributed by atoms with Crippen LogP contribution in [-0.4, -0.2) is 23.8 Å². The van der Waals surface area contributed by atoms with Gasteiger partial charge in [0.05, 0.1) is 0 Å². The summed E-state index contributed by atoms with van der Waals surface area (Å²) in [4.78, 5) is 2.29. The summed E-state index contributed by atoms with van der Waals surface area (Å²) in [5.74, 6) is 0. The highest BCUT2D eigenvalue weighted by molar-refractivity contribution is 6.21. The lowest BCUT2D eigenvalue weighted by molar-refractivity contribution is 0.753. The monoisotopic (exact) mass is 333 g/mol. The molecule has 22 heavy (non-hydrogen) atoms. The zero-order valence-electron chi connectivity index (χ0n) is 13.0. The van der Waals surface area contributed by atoms with Crippen LogP contribution < -0.4 is 4.90 Å². The van der Waals surface area contributed by atoms with Crippen molar-refractivity contribution < 1.29 is 0 Å². The third kappa shape index (κ3) is 3.26. The van der Waals surface area contributed by atoms with Crippen molar-refractivity contribution in [3.63, 3.8) is 0 Å². The molecule has 0 aromatic heterocycles. The van der Waals surface area contributed by atoms with Gasteiger partial charge in [-0.15, -0.1) is 23.2 Å². The third-order valence-corrected chi connectivity index (χ3v) is 4.36. The maximum atomic E-state index is 6.21. The molecule has 0 amide bonds. The van der Waals surface area contributed by atoms with Crippen LogP contribution in [0.3, 0.4) is 0 Å². The van der Waals surface area contributed by atoms with E-state index in [2.05, 4.69) is 47.4 Å². The molecule has 0 bridgehead atoms. The maximum Gasteiger partial charge on any atom is 0.0483 e. The van der Waals surface area contributed by atoms with Crippen LogP contribution in [0.5, 0.6) is 0 Å². The molecular formula is C19H21Cl2N. The molecule has 0 saturated heterocycles. The molecule has 1 aliphatic rings. The minimum Gasteiger partial charge on any atom is -0.369 e. The van der Waals surface area contributed by atoms with Gasteiger partial charge in [0, 0.05) is 29.5 Å². The van der Waals surface area contributed by atoms with Crippen LogP contribution in [0.15, 0.2) is 42.5 Å². The lowest BCUT2D eigenvalue weighted by atomic mass is 10.1. The van der Waals surface area contributed by atoms with Gasteiger partial charge >= 0.3 is 0 Å². The number of hydrogen-bond acceptors (Lipinski definition) is 1. The normalized spacial score (nSPS) is 15.1. The molecule has 2 aromatic carbocycles. The fourth-order valence-corrected chi connectivity index (χ4v) is 3.55. The summed E-state index contributed by atoms with van der Waals surface area (Å²) in [5.41, 5.74) is 6.75. The molecule has 0 heterocycles. The van der Waals surface area contributed by atoms with E-state index in [1.807, 2.05) is 13.8 Å². The molecule has 2 atom stereocenters. The Morgan fingerprint density at radius 3 is 2.23 bits per heavy atom. The molecule has 0 saturated carbocycles. The van der Waals surface area contributed by atoms with Crippen molar-refractivity contribution in [1.82, 2.24) is 0 Å². The number of fused-ring (bicyclic) bond motifs is 3. The fourth-order valence-electron chi connectivity index (χ4n) is 3.22. The van der Waals surface area contributed by atoms with Crippen LogP contribution in [-0.2, 0) is 6.42 Å². The molecule has 0 N–H and O–H groups in total. The van der Waals surface area contributed by atoms with Crippen molar-refractivity contribution in [2.24, 2.45) is 0 Å². The van der Waals surface area contributed by atoms with Crippen LogP contribution in [0.2, 0.25) is 0 Å². The Labute approximate surface area is 142 Å². The second kappa shape index (κ2) is 6.52. The van der Waals surface area contributed by atoms with Gasteiger partial charge in [0.2, 0.25) is 0 Å². The van der Waals surface area contributed by atoms with Crippen molar-refractivity contribution in [3.05, 3.63) is 53.6 Å². The average Bonchev–Trinajstić information content (AvgIpc) is 2.83. The third-order valence-electron chi connectivity index (χ3n) is 4.09. The van der Waals surface area contributed by atoms with Crippen molar-refractivity contribution in [2.45, 2.75) is 31.0 Å². The zero-order valence-corrected chi connectivity index (χ0v) is 14.5. The van der Waals surface area contributed by atoms with Gasteiger partial charge in [0.1, 0.15) is 0 Å². The van der Waals surface area contributed by atoms with Gasteiger partial charge in [-0.1, -0.05) is 30.3 Å². The zero-order chi connectivity index (χ0) is 15.7. The van der Waals surface area contributed by atoms with Crippen LogP contribution in [0, 0.1) is 0 Å². The van der Waals surface area contributed by atoms with E-state index in [0.29, 0.717) is 0 Å². The van der Waals surface area contributed by atoms with E-state index in [0.717, 1.165) is 19.5 Å². The van der Waals surface area contributed by atoms with Crippen molar-refractivity contribution in [2.75, 3.05) is 18.0 Å². The quantitative estimate of drug-likeness (QED) is 0.571. The van der Waals surface area contributed by atoms with Crippen molar-refractivity contribution in [3.8, 4) is 11.1 Å². The van der Waals surface area contributed by atoms with Crippen molar-refractivity contribution in [1.29, 1.82) is 0 Å². The second-order valence-electron chi connectivity index (χ2n) is 6.14. The van der Waals surface area contributed by atoms with E-state index >= 15 is 0 Å². The molecule has 0 radical (unpaired) electrons. The SMILES string of the molecule is C[C@H](Cl)CN(C[C@@H](C)Cl)c1ccc2c(c1)Cc1ccccc1-2. The van der Waals surface area contributed by atoms with Crippen molar-refractivity contribution >= 4 is 28.9 Å². The first-order chi connectivity index (χ1) is 10.5. The topological polar surface area (TPSA) is 3.24 Å². The highest BCUT2D eigenvalue weighted by atomic mass is 35.5. The average molecular weight is 334 g/mol. The lowest BCUT2D eigenvalue weighted by Gasteiger charge is -2.27. The minimum atomic E-state index is 0.0980. The summed E-state index contributed by atoms with van der Waals surface area (Å²) in [6.07, 6.45) is 1.01. The van der Waals surface area contributed by atoms with E-state index < -0.39 is 0 Å². The lowest BCUT2D eigenvalue weighted by Crippen LogP contribution is -2.33. The Morgan fingerprint density at radius 2 is 1.55 bits per heavy atom. The Kier molecular flexibility index (Phi) is 4.65. The Balaban J connectivity index is 1.91. The first-order valence-electron chi connectivity index (χ1n) is 7.79. The van der Waals surface area contributed by atoms with Gasteiger partial charge < -0.3 is 4.90 Å². The maximum absolute atomic E-state index is 6.21. The highest BCUT2D eigenvalue weighted by Crippen LogP contribution is 2.38. The molecule has 0 spiro atoms. The smallest absolute Gasteiger partial charge is 0.0483 e. The van der Waals surface area contributed by atoms with Gasteiger partial charge in [0.25, 0.3) is 0 Å². The van der Waals surface area contributed by atoms with E-state index in [4.69, 9.17) is 23.2 Å². The molecule has 116 valence electrons. The van der Waals surface area contributed by atoms with Gasteiger partial charge in [-0.05, 0) is 54.7 Å². The Morgan fingerprint density at radius 1 is 0.909 bits per heavy atom. The van der Waals surface area contributed by atoms with Crippen LogP contribution in [0.4, 0.5) is 5.69 Å². The van der Waals surface area contributed by atoms with Gasteiger partial charge in [0.15, 0.2) is 0 Å². The summed E-state index contributed by atoms with van der Waals surface area (Å²) in [6, 6.07) is 15.4. The van der Waals surface area contributed by atoms with Gasteiger partial charge in [-0.2, -0.15) is 0 Å². The standard InChI is InChI=1S/C19H21Cl2N/c1-13(20)11-22(12-14(2)21)17-7-8-19-16(10-17)9-15-5-3-4-6-18(15)19/h3-8,10,13-14H,9,11-12H2,1-2H3/t13-,14+. The highest BCUT2D eigenvalue weighted by Gasteiger charge is 2.20. The molecule has 0 fully saturated rings. The van der Waals surface area contributed by atoms with E-state index in [1.165, 1.54) is 27.9 Å². The van der Waals surface area contributed by atoms with E-state index in [9.17, 15) is 0 Å². The molecule has 3 rings (SSSR count). The summed E-state index contributed by atoms with van der Waals surface area (Å²) in [5, 5.41) is 0.196. The largest absolute Gasteiger partial charge is 0.369 e. The first-order valence-corrected chi connectivity index (χ1v) is 8.66. The van der Waals surface area contributed by atoms with E-state index in [-0.39, 0.29) is 10.8 Å². The molecule has 0 unspecified atom stereocenters. The number of hydrogen-bond donors (Lipinski definition) is 0. The predicted octanol–water partition coefficient (Wildman–Crippen LogP) is 5.32. The first kappa shape index (κ1) is 15.7. The number of halogens is 2. The summed E-state index contributed by atoms with van der Waals surface area (Å²) in [6.45, 7) is 5.67. The number of benzene rings is 2. The molecular weight excluding hydrogens is 313 g/mol. The summed E-state index contributed by atoms with van der Waals surface area (Å²) < 4.78 is 0. The molecule has 2 aromatic rings. The molecule has 0 aliphatic heterocycles. The Bertz CT molecular complexity index is 654. The second-order valence-corrected chi connectivity index (χ2v) is 7.63. The predicted molar refractivity (Wildman–Crippen MR) is 97.5 cm³/mol. The van der Waals surface area contributed by atoms with Crippen LogP contribution in [0.1, 0.15) is 25.0 Å². The van der Waals surface area contributed by atoms with E-state index in [1.54, 1.807) is 0 Å². The van der Waals surface area contributed by atoms with Gasteiger partial charge in [-0.25, -0.2) is 0 Å². The summed E-state index contributed by atoms with van der Waals surface area (Å²) >= 11 is 12.4. The minimum absolute atomic E-state index is 0.0980. The van der Waals surface area contributed by atoms with Gasteiger partial charge in [-0.3, -0.25) is 0 Å².